The third-order valence-corrected chi connectivity index (χ3v) is 2.38. The summed E-state index contributed by atoms with van der Waals surface area (Å²) in [6.45, 7) is 4.47. The van der Waals surface area contributed by atoms with Crippen molar-refractivity contribution in [2.45, 2.75) is 26.0 Å². The van der Waals surface area contributed by atoms with E-state index in [9.17, 15) is 9.90 Å². The van der Waals surface area contributed by atoms with Crippen molar-refractivity contribution in [3.8, 4) is 0 Å². The van der Waals surface area contributed by atoms with Crippen LogP contribution in [0.15, 0.2) is 0 Å². The summed E-state index contributed by atoms with van der Waals surface area (Å²) in [5.41, 5.74) is 2.14. The van der Waals surface area contributed by atoms with E-state index in [1.54, 1.807) is 11.9 Å². The van der Waals surface area contributed by atoms with E-state index in [4.69, 9.17) is 10.6 Å². The highest BCUT2D eigenvalue weighted by molar-refractivity contribution is 5.81. The molecule has 0 rings (SSSR count). The van der Waals surface area contributed by atoms with Gasteiger partial charge in [-0.3, -0.25) is 15.1 Å². The number of aliphatic hydroxyl groups is 1. The number of aliphatic hydroxyl groups excluding tert-OH is 1. The lowest BCUT2D eigenvalue weighted by molar-refractivity contribution is -0.128. The Morgan fingerprint density at radius 3 is 2.50 bits per heavy atom. The van der Waals surface area contributed by atoms with Gasteiger partial charge in [-0.15, -0.1) is 0 Å². The quantitative estimate of drug-likeness (QED) is 0.296. The van der Waals surface area contributed by atoms with E-state index in [1.807, 2.05) is 13.8 Å². The maximum Gasteiger partial charge on any atom is 0.251 e. The van der Waals surface area contributed by atoms with Crippen LogP contribution in [0.4, 0.5) is 0 Å². The van der Waals surface area contributed by atoms with E-state index < -0.39 is 6.10 Å². The van der Waals surface area contributed by atoms with E-state index in [0.29, 0.717) is 6.54 Å². The van der Waals surface area contributed by atoms with Gasteiger partial charge < -0.3 is 9.84 Å². The molecule has 16 heavy (non-hydrogen) atoms. The minimum atomic E-state index is -0.609. The van der Waals surface area contributed by atoms with Gasteiger partial charge in [0.2, 0.25) is 0 Å². The first-order chi connectivity index (χ1) is 7.43. The fourth-order valence-electron chi connectivity index (χ4n) is 1.79. The highest BCUT2D eigenvalue weighted by Crippen LogP contribution is 2.09. The number of hydrazine groups is 1. The predicted octanol–water partition coefficient (Wildman–Crippen LogP) is -1.06. The van der Waals surface area contributed by atoms with Crippen molar-refractivity contribution in [3.63, 3.8) is 0 Å². The number of methoxy groups -OCH3 is 1. The first kappa shape index (κ1) is 15.3. The number of hydrogen-bond donors (Lipinski definition) is 3. The molecule has 0 aliphatic rings. The fraction of sp³-hybridized carbons (Fsp3) is 0.900. The Hall–Kier alpha value is -0.690. The molecule has 0 aliphatic carbocycles. The summed E-state index contributed by atoms with van der Waals surface area (Å²) in [6.07, 6.45) is -0.609. The monoisotopic (exact) mass is 233 g/mol. The number of nitrogens with zero attached hydrogens (tertiary/aromatic N) is 1. The molecule has 0 saturated heterocycles. The minimum Gasteiger partial charge on any atom is -0.389 e. The normalized spacial score (nSPS) is 15.2. The van der Waals surface area contributed by atoms with Crippen LogP contribution in [0, 0.1) is 5.92 Å². The summed E-state index contributed by atoms with van der Waals surface area (Å²) in [4.78, 5) is 13.3. The Balaban J connectivity index is 4.38. The highest BCUT2D eigenvalue weighted by atomic mass is 16.5. The molecule has 0 saturated carbocycles. The van der Waals surface area contributed by atoms with E-state index in [2.05, 4.69) is 5.43 Å². The number of hydrogen-bond acceptors (Lipinski definition) is 5. The molecule has 1 amide bonds. The third kappa shape index (κ3) is 4.89. The molecule has 0 heterocycles. The number of likely N-dealkylation sites (N-methyl/N-ethyl adjacent to an activating group) is 1. The molecule has 0 aromatic heterocycles. The summed E-state index contributed by atoms with van der Waals surface area (Å²) >= 11 is 0. The van der Waals surface area contributed by atoms with Crippen LogP contribution >= 0.6 is 0 Å². The fourth-order valence-corrected chi connectivity index (χ4v) is 1.79. The molecule has 0 spiro atoms. The van der Waals surface area contributed by atoms with Crippen LogP contribution in [-0.2, 0) is 9.53 Å². The topological polar surface area (TPSA) is 87.8 Å². The maximum atomic E-state index is 11.5. The zero-order valence-corrected chi connectivity index (χ0v) is 10.4. The molecule has 6 heteroatoms. The van der Waals surface area contributed by atoms with Crippen molar-refractivity contribution < 1.29 is 14.6 Å². The molecule has 0 radical (unpaired) electrons. The molecule has 0 aromatic carbocycles. The summed E-state index contributed by atoms with van der Waals surface area (Å²) < 4.78 is 4.83. The van der Waals surface area contributed by atoms with Crippen LogP contribution < -0.4 is 11.3 Å². The number of carbonyl (C=O) groups is 1. The molecule has 0 bridgehead atoms. The second-order valence-electron chi connectivity index (χ2n) is 4.25. The molecule has 4 N–H and O–H groups in total. The molecule has 6 nitrogen and oxygen atoms in total. The third-order valence-electron chi connectivity index (χ3n) is 2.38. The summed E-state index contributed by atoms with van der Waals surface area (Å²) in [5.74, 6) is 4.99. The van der Waals surface area contributed by atoms with Gasteiger partial charge in [-0.05, 0) is 13.0 Å². The Labute approximate surface area is 96.7 Å². The van der Waals surface area contributed by atoms with Gasteiger partial charge >= 0.3 is 0 Å². The smallest absolute Gasteiger partial charge is 0.251 e. The highest BCUT2D eigenvalue weighted by Gasteiger charge is 2.27. The van der Waals surface area contributed by atoms with Gasteiger partial charge in [-0.25, -0.2) is 5.84 Å². The van der Waals surface area contributed by atoms with E-state index in [1.165, 1.54) is 7.11 Å². The average Bonchev–Trinajstić information content (AvgIpc) is 2.17. The van der Waals surface area contributed by atoms with Gasteiger partial charge in [0.15, 0.2) is 0 Å². The maximum absolute atomic E-state index is 11.5. The Morgan fingerprint density at radius 1 is 1.56 bits per heavy atom. The molecular formula is C10H23N3O3. The summed E-state index contributed by atoms with van der Waals surface area (Å²) in [7, 11) is 3.30. The largest absolute Gasteiger partial charge is 0.389 e. The van der Waals surface area contributed by atoms with E-state index in [0.717, 1.165) is 0 Å². The Bertz CT molecular complexity index is 211. The van der Waals surface area contributed by atoms with Crippen molar-refractivity contribution in [1.29, 1.82) is 0 Å². The Kier molecular flexibility index (Phi) is 7.24. The standard InChI is InChI=1S/C10H23N3O3/c1-7(2)9(10(15)12-11)13(3)5-8(14)6-16-4/h7-9,14H,5-6,11H2,1-4H3,(H,12,15). The zero-order valence-electron chi connectivity index (χ0n) is 10.4. The SMILES string of the molecule is COCC(O)CN(C)C(C(=O)NN)C(C)C. The lowest BCUT2D eigenvalue weighted by atomic mass is 10.0. The van der Waals surface area contributed by atoms with Gasteiger partial charge in [0.1, 0.15) is 0 Å². The second kappa shape index (κ2) is 7.56. The van der Waals surface area contributed by atoms with Crippen LogP contribution in [0.25, 0.3) is 0 Å². The van der Waals surface area contributed by atoms with Gasteiger partial charge in [0, 0.05) is 13.7 Å². The van der Waals surface area contributed by atoms with Crippen molar-refractivity contribution in [3.05, 3.63) is 0 Å². The molecule has 0 aromatic rings. The molecule has 2 atom stereocenters. The van der Waals surface area contributed by atoms with Crippen LogP contribution in [0.2, 0.25) is 0 Å². The second-order valence-corrected chi connectivity index (χ2v) is 4.25. The van der Waals surface area contributed by atoms with Crippen molar-refractivity contribution in [2.24, 2.45) is 11.8 Å². The molecule has 2 unspecified atom stereocenters. The van der Waals surface area contributed by atoms with E-state index >= 15 is 0 Å². The summed E-state index contributed by atoms with van der Waals surface area (Å²) in [6, 6.07) is -0.350. The zero-order chi connectivity index (χ0) is 12.7. The minimum absolute atomic E-state index is 0.114. The number of rotatable bonds is 7. The van der Waals surface area contributed by atoms with Crippen LogP contribution in [-0.4, -0.2) is 55.4 Å². The number of ether oxygens (including phenoxy) is 1. The average molecular weight is 233 g/mol. The number of nitrogens with one attached hydrogen (secondary N) is 1. The molecule has 96 valence electrons. The number of carbonyl (C=O) groups excluding carboxylic acids is 1. The van der Waals surface area contributed by atoms with Gasteiger partial charge in [0.25, 0.3) is 5.91 Å². The van der Waals surface area contributed by atoms with Crippen LogP contribution in [0.5, 0.6) is 0 Å². The first-order valence-corrected chi connectivity index (χ1v) is 5.31. The van der Waals surface area contributed by atoms with Crippen LogP contribution in [0.1, 0.15) is 13.8 Å². The molecule has 0 fully saturated rings. The van der Waals surface area contributed by atoms with Crippen molar-refractivity contribution >= 4 is 5.91 Å². The van der Waals surface area contributed by atoms with E-state index in [-0.39, 0.29) is 24.5 Å². The van der Waals surface area contributed by atoms with Crippen molar-refractivity contribution in [2.75, 3.05) is 27.3 Å². The predicted molar refractivity (Wildman–Crippen MR) is 61.5 cm³/mol. The van der Waals surface area contributed by atoms with Crippen LogP contribution in [0.3, 0.4) is 0 Å². The number of nitrogens with two attached hydrogens (primary N) is 1. The first-order valence-electron chi connectivity index (χ1n) is 5.31. The molecule has 0 aliphatic heterocycles. The van der Waals surface area contributed by atoms with Gasteiger partial charge in [0.05, 0.1) is 18.8 Å². The Morgan fingerprint density at radius 2 is 2.12 bits per heavy atom. The lowest BCUT2D eigenvalue weighted by Crippen LogP contribution is -2.52. The number of amides is 1. The van der Waals surface area contributed by atoms with Gasteiger partial charge in [-0.2, -0.15) is 0 Å². The summed E-state index contributed by atoms with van der Waals surface area (Å²) in [5, 5.41) is 9.58. The molecular weight excluding hydrogens is 210 g/mol. The van der Waals surface area contributed by atoms with Crippen molar-refractivity contribution in [1.82, 2.24) is 10.3 Å². The van der Waals surface area contributed by atoms with Gasteiger partial charge in [-0.1, -0.05) is 13.8 Å². The lowest BCUT2D eigenvalue weighted by Gasteiger charge is -2.30.